The Labute approximate surface area is 120 Å². The zero-order chi connectivity index (χ0) is 13.8. The normalized spacial score (nSPS) is 15.6. The van der Waals surface area contributed by atoms with Gasteiger partial charge >= 0.3 is 0 Å². The summed E-state index contributed by atoms with van der Waals surface area (Å²) < 4.78 is 27.8. The van der Waals surface area contributed by atoms with E-state index in [1.165, 1.54) is 0 Å². The Kier molecular flexibility index (Phi) is 4.90. The molecule has 0 bridgehead atoms. The van der Waals surface area contributed by atoms with E-state index in [0.29, 0.717) is 36.9 Å². The maximum absolute atomic E-state index is 5.46. The quantitative estimate of drug-likeness (QED) is 0.828. The lowest BCUT2D eigenvalue weighted by molar-refractivity contribution is -0.0401. The molecule has 19 heavy (non-hydrogen) atoms. The maximum Gasteiger partial charge on any atom is 0.204 e. The van der Waals surface area contributed by atoms with Crippen LogP contribution in [0.3, 0.4) is 0 Å². The van der Waals surface area contributed by atoms with Crippen LogP contribution in [0.15, 0.2) is 10.5 Å². The molecule has 0 aliphatic carbocycles. The standard InChI is InChI=1S/C13H17BrO5/c1-15-9-6-8(7-10-18-4-5-19-10)11(14)13(17-3)12(9)16-2/h6,10H,4-5,7H2,1-3H3. The van der Waals surface area contributed by atoms with Crippen molar-refractivity contribution in [3.05, 3.63) is 16.1 Å². The summed E-state index contributed by atoms with van der Waals surface area (Å²) in [4.78, 5) is 0. The Morgan fingerprint density at radius 1 is 1.11 bits per heavy atom. The van der Waals surface area contributed by atoms with Crippen molar-refractivity contribution in [2.45, 2.75) is 12.7 Å². The number of benzene rings is 1. The first-order chi connectivity index (χ1) is 9.21. The summed E-state index contributed by atoms with van der Waals surface area (Å²) in [6.45, 7) is 1.26. The molecule has 106 valence electrons. The van der Waals surface area contributed by atoms with E-state index in [-0.39, 0.29) is 6.29 Å². The van der Waals surface area contributed by atoms with Crippen molar-refractivity contribution in [3.8, 4) is 17.2 Å². The summed E-state index contributed by atoms with van der Waals surface area (Å²) in [5.74, 6) is 1.79. The van der Waals surface area contributed by atoms with Crippen LogP contribution in [0.2, 0.25) is 0 Å². The van der Waals surface area contributed by atoms with Gasteiger partial charge in [-0.1, -0.05) is 0 Å². The van der Waals surface area contributed by atoms with Gasteiger partial charge in [-0.15, -0.1) is 0 Å². The van der Waals surface area contributed by atoms with Gasteiger partial charge in [-0.2, -0.15) is 0 Å². The SMILES string of the molecule is COc1cc(CC2OCCO2)c(Br)c(OC)c1OC. The molecule has 0 aromatic heterocycles. The molecule has 1 aliphatic heterocycles. The summed E-state index contributed by atoms with van der Waals surface area (Å²) >= 11 is 3.53. The number of hydrogen-bond acceptors (Lipinski definition) is 5. The summed E-state index contributed by atoms with van der Waals surface area (Å²) in [6.07, 6.45) is 0.399. The smallest absolute Gasteiger partial charge is 0.204 e. The minimum absolute atomic E-state index is 0.223. The van der Waals surface area contributed by atoms with Crippen molar-refractivity contribution in [2.75, 3.05) is 34.5 Å². The number of hydrogen-bond donors (Lipinski definition) is 0. The second kappa shape index (κ2) is 6.45. The molecule has 0 saturated carbocycles. The average Bonchev–Trinajstić information content (AvgIpc) is 2.93. The molecule has 0 unspecified atom stereocenters. The van der Waals surface area contributed by atoms with Gasteiger partial charge in [-0.25, -0.2) is 0 Å². The molecule has 1 saturated heterocycles. The van der Waals surface area contributed by atoms with Crippen LogP contribution in [0.25, 0.3) is 0 Å². The zero-order valence-electron chi connectivity index (χ0n) is 11.2. The molecule has 1 fully saturated rings. The van der Waals surface area contributed by atoms with Crippen LogP contribution in [0, 0.1) is 0 Å². The van der Waals surface area contributed by atoms with Crippen LogP contribution in [-0.4, -0.2) is 40.8 Å². The Morgan fingerprint density at radius 2 is 1.74 bits per heavy atom. The van der Waals surface area contributed by atoms with Crippen molar-refractivity contribution >= 4 is 15.9 Å². The van der Waals surface area contributed by atoms with Crippen molar-refractivity contribution in [1.82, 2.24) is 0 Å². The Balaban J connectivity index is 2.36. The highest BCUT2D eigenvalue weighted by atomic mass is 79.9. The van der Waals surface area contributed by atoms with Gasteiger partial charge in [0, 0.05) is 6.42 Å². The first-order valence-corrected chi connectivity index (χ1v) is 6.71. The largest absolute Gasteiger partial charge is 0.493 e. The lowest BCUT2D eigenvalue weighted by Crippen LogP contribution is -2.12. The first-order valence-electron chi connectivity index (χ1n) is 5.91. The summed E-state index contributed by atoms with van der Waals surface area (Å²) in [5.41, 5.74) is 0.987. The highest BCUT2D eigenvalue weighted by Crippen LogP contribution is 2.45. The van der Waals surface area contributed by atoms with E-state index in [1.54, 1.807) is 21.3 Å². The van der Waals surface area contributed by atoms with E-state index >= 15 is 0 Å². The lowest BCUT2D eigenvalue weighted by atomic mass is 10.1. The summed E-state index contributed by atoms with van der Waals surface area (Å²) in [5, 5.41) is 0. The Bertz CT molecular complexity index is 443. The van der Waals surface area contributed by atoms with Crippen molar-refractivity contribution in [1.29, 1.82) is 0 Å². The summed E-state index contributed by atoms with van der Waals surface area (Å²) in [7, 11) is 4.77. The van der Waals surface area contributed by atoms with E-state index in [1.807, 2.05) is 6.07 Å². The molecule has 0 spiro atoms. The van der Waals surface area contributed by atoms with Crippen molar-refractivity contribution in [3.63, 3.8) is 0 Å². The average molecular weight is 333 g/mol. The number of rotatable bonds is 5. The third-order valence-electron chi connectivity index (χ3n) is 2.92. The van der Waals surface area contributed by atoms with Crippen LogP contribution >= 0.6 is 15.9 Å². The number of halogens is 1. The molecule has 5 nitrogen and oxygen atoms in total. The van der Waals surface area contributed by atoms with Crippen molar-refractivity contribution < 1.29 is 23.7 Å². The van der Waals surface area contributed by atoms with Crippen LogP contribution in [0.1, 0.15) is 5.56 Å². The Morgan fingerprint density at radius 3 is 2.26 bits per heavy atom. The molecular weight excluding hydrogens is 316 g/mol. The Hall–Kier alpha value is -0.980. The van der Waals surface area contributed by atoms with Gasteiger partial charge in [0.15, 0.2) is 17.8 Å². The monoisotopic (exact) mass is 332 g/mol. The van der Waals surface area contributed by atoms with Crippen molar-refractivity contribution in [2.24, 2.45) is 0 Å². The summed E-state index contributed by atoms with van der Waals surface area (Å²) in [6, 6.07) is 1.90. The molecule has 1 aromatic rings. The highest BCUT2D eigenvalue weighted by Gasteiger charge is 2.23. The third kappa shape index (κ3) is 2.96. The van der Waals surface area contributed by atoms with E-state index < -0.39 is 0 Å². The van der Waals surface area contributed by atoms with E-state index in [2.05, 4.69) is 15.9 Å². The fraction of sp³-hybridized carbons (Fsp3) is 0.538. The third-order valence-corrected chi connectivity index (χ3v) is 3.79. The van der Waals surface area contributed by atoms with Gasteiger partial charge in [-0.3, -0.25) is 0 Å². The number of methoxy groups -OCH3 is 3. The molecule has 0 atom stereocenters. The van der Waals surface area contributed by atoms with Gasteiger partial charge in [0.25, 0.3) is 0 Å². The molecule has 1 aromatic carbocycles. The number of ether oxygens (including phenoxy) is 5. The van der Waals surface area contributed by atoms with Crippen LogP contribution < -0.4 is 14.2 Å². The van der Waals surface area contributed by atoms with Gasteiger partial charge in [0.2, 0.25) is 5.75 Å². The molecule has 1 heterocycles. The first kappa shape index (κ1) is 14.4. The minimum atomic E-state index is -0.223. The molecule has 6 heteroatoms. The van der Waals surface area contributed by atoms with Gasteiger partial charge in [0.1, 0.15) is 0 Å². The minimum Gasteiger partial charge on any atom is -0.493 e. The predicted octanol–water partition coefficient (Wildman–Crippen LogP) is 2.39. The topological polar surface area (TPSA) is 46.2 Å². The van der Waals surface area contributed by atoms with Crippen LogP contribution in [0.4, 0.5) is 0 Å². The highest BCUT2D eigenvalue weighted by molar-refractivity contribution is 9.10. The molecule has 0 amide bonds. The zero-order valence-corrected chi connectivity index (χ0v) is 12.8. The molecule has 0 radical (unpaired) electrons. The second-order valence-corrected chi connectivity index (χ2v) is 4.79. The second-order valence-electron chi connectivity index (χ2n) is 3.99. The lowest BCUT2D eigenvalue weighted by Gasteiger charge is -2.18. The van der Waals surface area contributed by atoms with Gasteiger partial charge in [-0.05, 0) is 27.6 Å². The van der Waals surface area contributed by atoms with Crippen LogP contribution in [0.5, 0.6) is 17.2 Å². The molecule has 2 rings (SSSR count). The van der Waals surface area contributed by atoms with E-state index in [9.17, 15) is 0 Å². The van der Waals surface area contributed by atoms with E-state index in [0.717, 1.165) is 10.0 Å². The van der Waals surface area contributed by atoms with Gasteiger partial charge < -0.3 is 23.7 Å². The van der Waals surface area contributed by atoms with Gasteiger partial charge in [0.05, 0.1) is 39.0 Å². The molecular formula is C13H17BrO5. The van der Waals surface area contributed by atoms with E-state index in [4.69, 9.17) is 23.7 Å². The fourth-order valence-corrected chi connectivity index (χ4v) is 2.64. The maximum atomic E-state index is 5.46. The molecule has 0 N–H and O–H groups in total. The predicted molar refractivity (Wildman–Crippen MR) is 73.2 cm³/mol. The molecule has 1 aliphatic rings. The van der Waals surface area contributed by atoms with Crippen LogP contribution in [-0.2, 0) is 15.9 Å². The fourth-order valence-electron chi connectivity index (χ4n) is 2.02.